The van der Waals surface area contributed by atoms with Gasteiger partial charge in [-0.1, -0.05) is 19.0 Å². The molecule has 80 valence electrons. The van der Waals surface area contributed by atoms with E-state index >= 15 is 0 Å². The van der Waals surface area contributed by atoms with E-state index in [4.69, 9.17) is 4.52 Å². The van der Waals surface area contributed by atoms with Crippen molar-refractivity contribution < 1.29 is 4.52 Å². The molecule has 0 spiro atoms. The lowest BCUT2D eigenvalue weighted by Gasteiger charge is -2.04. The molecule has 0 bridgehead atoms. The van der Waals surface area contributed by atoms with Crippen LogP contribution in [-0.4, -0.2) is 11.7 Å². The minimum Gasteiger partial charge on any atom is -0.361 e. The van der Waals surface area contributed by atoms with Gasteiger partial charge in [-0.15, -0.1) is 0 Å². The van der Waals surface area contributed by atoms with Gasteiger partial charge in [-0.2, -0.15) is 0 Å². The zero-order chi connectivity index (χ0) is 10.4. The molecule has 0 radical (unpaired) electrons. The number of hydrogen-bond donors (Lipinski definition) is 1. The third-order valence-corrected chi connectivity index (χ3v) is 2.12. The van der Waals surface area contributed by atoms with Gasteiger partial charge in [-0.05, 0) is 32.2 Å². The first-order valence-electron chi connectivity index (χ1n) is 5.31. The van der Waals surface area contributed by atoms with Crippen molar-refractivity contribution in [1.29, 1.82) is 0 Å². The first-order valence-corrected chi connectivity index (χ1v) is 5.31. The molecule has 1 heterocycles. The van der Waals surface area contributed by atoms with E-state index in [2.05, 4.69) is 24.3 Å². The van der Waals surface area contributed by atoms with E-state index in [0.29, 0.717) is 0 Å². The maximum atomic E-state index is 4.97. The van der Waals surface area contributed by atoms with E-state index in [-0.39, 0.29) is 0 Å². The number of nitrogens with one attached hydrogen (secondary N) is 1. The maximum Gasteiger partial charge on any atom is 0.133 e. The molecular formula is C11H20N2O. The van der Waals surface area contributed by atoms with Crippen LogP contribution in [0.15, 0.2) is 10.6 Å². The second-order valence-corrected chi connectivity index (χ2v) is 4.14. The van der Waals surface area contributed by atoms with Crippen LogP contribution in [0.1, 0.15) is 38.1 Å². The highest BCUT2D eigenvalue weighted by Crippen LogP contribution is 2.03. The molecule has 0 fully saturated rings. The fourth-order valence-corrected chi connectivity index (χ4v) is 1.35. The van der Waals surface area contributed by atoms with Gasteiger partial charge >= 0.3 is 0 Å². The average molecular weight is 196 g/mol. The highest BCUT2D eigenvalue weighted by atomic mass is 16.5. The molecule has 0 aliphatic carbocycles. The van der Waals surface area contributed by atoms with Gasteiger partial charge in [0.25, 0.3) is 0 Å². The van der Waals surface area contributed by atoms with Gasteiger partial charge in [0.1, 0.15) is 5.76 Å². The summed E-state index contributed by atoms with van der Waals surface area (Å²) >= 11 is 0. The summed E-state index contributed by atoms with van der Waals surface area (Å²) < 4.78 is 4.97. The summed E-state index contributed by atoms with van der Waals surface area (Å²) in [5.41, 5.74) is 0.993. The lowest BCUT2D eigenvalue weighted by Crippen LogP contribution is -2.15. The van der Waals surface area contributed by atoms with Gasteiger partial charge < -0.3 is 9.84 Å². The zero-order valence-electron chi connectivity index (χ0n) is 9.34. The molecule has 1 N–H and O–H groups in total. The molecule has 0 aliphatic heterocycles. The van der Waals surface area contributed by atoms with Crippen LogP contribution in [0.2, 0.25) is 0 Å². The molecule has 0 aliphatic rings. The Bertz CT molecular complexity index is 256. The van der Waals surface area contributed by atoms with Crippen molar-refractivity contribution in [1.82, 2.24) is 10.5 Å². The van der Waals surface area contributed by atoms with Crippen LogP contribution >= 0.6 is 0 Å². The molecule has 0 unspecified atom stereocenters. The van der Waals surface area contributed by atoms with E-state index in [9.17, 15) is 0 Å². The molecule has 0 aromatic carbocycles. The van der Waals surface area contributed by atoms with Gasteiger partial charge in [0.2, 0.25) is 0 Å². The summed E-state index contributed by atoms with van der Waals surface area (Å²) in [6.45, 7) is 8.29. The summed E-state index contributed by atoms with van der Waals surface area (Å²) in [5.74, 6) is 1.68. The zero-order valence-corrected chi connectivity index (χ0v) is 9.34. The van der Waals surface area contributed by atoms with Gasteiger partial charge in [0.05, 0.1) is 5.69 Å². The van der Waals surface area contributed by atoms with Crippen LogP contribution in [-0.2, 0) is 6.54 Å². The number of aryl methyl sites for hydroxylation is 1. The normalized spacial score (nSPS) is 11.1. The highest BCUT2D eigenvalue weighted by molar-refractivity contribution is 5.02. The molecule has 14 heavy (non-hydrogen) atoms. The Morgan fingerprint density at radius 1 is 1.50 bits per heavy atom. The lowest BCUT2D eigenvalue weighted by atomic mass is 10.1. The molecule has 0 amide bonds. The Hall–Kier alpha value is -0.830. The Labute approximate surface area is 85.9 Å². The molecule has 0 saturated heterocycles. The summed E-state index contributed by atoms with van der Waals surface area (Å²) in [4.78, 5) is 0. The van der Waals surface area contributed by atoms with Crippen LogP contribution in [0.4, 0.5) is 0 Å². The van der Waals surface area contributed by atoms with Crippen molar-refractivity contribution in [3.8, 4) is 0 Å². The van der Waals surface area contributed by atoms with Gasteiger partial charge in [-0.3, -0.25) is 0 Å². The van der Waals surface area contributed by atoms with Crippen molar-refractivity contribution in [2.24, 2.45) is 5.92 Å². The molecule has 1 aromatic heterocycles. The van der Waals surface area contributed by atoms with Crippen LogP contribution in [0, 0.1) is 12.8 Å². The van der Waals surface area contributed by atoms with Crippen molar-refractivity contribution >= 4 is 0 Å². The topological polar surface area (TPSA) is 38.1 Å². The number of rotatable bonds is 6. The Morgan fingerprint density at radius 3 is 2.86 bits per heavy atom. The van der Waals surface area contributed by atoms with E-state index in [1.807, 2.05) is 13.0 Å². The van der Waals surface area contributed by atoms with Gasteiger partial charge in [0.15, 0.2) is 0 Å². The third-order valence-electron chi connectivity index (χ3n) is 2.12. The van der Waals surface area contributed by atoms with Crippen LogP contribution in [0.25, 0.3) is 0 Å². The van der Waals surface area contributed by atoms with Crippen LogP contribution < -0.4 is 5.32 Å². The predicted octanol–water partition coefficient (Wildman–Crippen LogP) is 2.51. The summed E-state index contributed by atoms with van der Waals surface area (Å²) in [7, 11) is 0. The largest absolute Gasteiger partial charge is 0.361 e. The van der Waals surface area contributed by atoms with E-state index in [1.54, 1.807) is 0 Å². The van der Waals surface area contributed by atoms with Crippen LogP contribution in [0.5, 0.6) is 0 Å². The summed E-state index contributed by atoms with van der Waals surface area (Å²) in [5, 5.41) is 7.26. The Morgan fingerprint density at radius 2 is 2.29 bits per heavy atom. The second-order valence-electron chi connectivity index (χ2n) is 4.14. The third kappa shape index (κ3) is 4.42. The van der Waals surface area contributed by atoms with Crippen molar-refractivity contribution in [2.75, 3.05) is 6.54 Å². The molecule has 0 saturated carbocycles. The van der Waals surface area contributed by atoms with E-state index in [0.717, 1.165) is 30.5 Å². The standard InChI is InChI=1S/C11H20N2O/c1-9(2)5-4-6-12-8-11-7-10(3)14-13-11/h7,9,12H,4-6,8H2,1-3H3. The van der Waals surface area contributed by atoms with Crippen LogP contribution in [0.3, 0.4) is 0 Å². The fraction of sp³-hybridized carbons (Fsp3) is 0.727. The number of nitrogens with zero attached hydrogens (tertiary/aromatic N) is 1. The summed E-state index contributed by atoms with van der Waals surface area (Å²) in [6, 6.07) is 1.97. The highest BCUT2D eigenvalue weighted by Gasteiger charge is 1.99. The first kappa shape index (κ1) is 11.2. The molecule has 3 heteroatoms. The SMILES string of the molecule is Cc1cc(CNCCCC(C)C)no1. The van der Waals surface area contributed by atoms with E-state index in [1.165, 1.54) is 12.8 Å². The minimum absolute atomic E-state index is 0.797. The summed E-state index contributed by atoms with van der Waals surface area (Å²) in [6.07, 6.45) is 2.51. The van der Waals surface area contributed by atoms with Gasteiger partial charge in [0, 0.05) is 12.6 Å². The number of hydrogen-bond acceptors (Lipinski definition) is 3. The maximum absolute atomic E-state index is 4.97. The number of aromatic nitrogens is 1. The molecule has 1 rings (SSSR count). The van der Waals surface area contributed by atoms with Crippen molar-refractivity contribution in [2.45, 2.75) is 40.2 Å². The fourth-order valence-electron chi connectivity index (χ4n) is 1.35. The monoisotopic (exact) mass is 196 g/mol. The second kappa shape index (κ2) is 5.81. The first-order chi connectivity index (χ1) is 6.68. The predicted molar refractivity (Wildman–Crippen MR) is 57.0 cm³/mol. The van der Waals surface area contributed by atoms with Gasteiger partial charge in [-0.25, -0.2) is 0 Å². The van der Waals surface area contributed by atoms with E-state index < -0.39 is 0 Å². The quantitative estimate of drug-likeness (QED) is 0.710. The molecule has 3 nitrogen and oxygen atoms in total. The molecular weight excluding hydrogens is 176 g/mol. The van der Waals surface area contributed by atoms with Crippen molar-refractivity contribution in [3.05, 3.63) is 17.5 Å². The molecule has 0 atom stereocenters. The molecule has 1 aromatic rings. The Kier molecular flexibility index (Phi) is 4.66. The smallest absolute Gasteiger partial charge is 0.133 e. The average Bonchev–Trinajstić information content (AvgIpc) is 2.50. The van der Waals surface area contributed by atoms with Crippen molar-refractivity contribution in [3.63, 3.8) is 0 Å². The minimum atomic E-state index is 0.797. The lowest BCUT2D eigenvalue weighted by molar-refractivity contribution is 0.387. The Balaban J connectivity index is 2.04.